The fourth-order valence-corrected chi connectivity index (χ4v) is 6.09. The van der Waals surface area contributed by atoms with Gasteiger partial charge in [-0.2, -0.15) is 0 Å². The molecule has 1 unspecified atom stereocenters. The molecule has 48 heavy (non-hydrogen) atoms. The molecule has 6 N–H and O–H groups in total. The lowest BCUT2D eigenvalue weighted by Gasteiger charge is -2.14. The molecule has 0 fully saturated rings. The van der Waals surface area contributed by atoms with Crippen LogP contribution in [0.25, 0.3) is 0 Å². The van der Waals surface area contributed by atoms with Crippen LogP contribution in [0.5, 0.6) is 5.75 Å². The number of nitrogens with one attached hydrogen (secondary N) is 2. The van der Waals surface area contributed by atoms with Crippen molar-refractivity contribution in [3.8, 4) is 5.75 Å². The summed E-state index contributed by atoms with van der Waals surface area (Å²) in [5.74, 6) is -0.0477. The van der Waals surface area contributed by atoms with E-state index in [0.29, 0.717) is 22.7 Å². The molecule has 0 radical (unpaired) electrons. The summed E-state index contributed by atoms with van der Waals surface area (Å²) >= 11 is 3.22. The zero-order valence-corrected chi connectivity index (χ0v) is 27.5. The smallest absolute Gasteiger partial charge is 0.280 e. The highest BCUT2D eigenvalue weighted by Crippen LogP contribution is 2.31. The van der Waals surface area contributed by atoms with Crippen LogP contribution >= 0.6 is 23.5 Å². The largest absolute Gasteiger partial charge is 0.466 e. The van der Waals surface area contributed by atoms with Gasteiger partial charge in [-0.25, -0.2) is 0 Å². The molecule has 2 amide bonds. The minimum absolute atomic E-state index is 0.204. The Balaban J connectivity index is 0.000000188. The number of anilines is 3. The van der Waals surface area contributed by atoms with E-state index < -0.39 is 12.1 Å². The third-order valence-corrected chi connectivity index (χ3v) is 8.62. The van der Waals surface area contributed by atoms with Crippen molar-refractivity contribution in [1.82, 2.24) is 0 Å². The lowest BCUT2D eigenvalue weighted by molar-refractivity contribution is -0.122. The highest BCUT2D eigenvalue weighted by molar-refractivity contribution is 7.99. The van der Waals surface area contributed by atoms with Gasteiger partial charge in [-0.15, -0.1) is 0 Å². The number of rotatable bonds is 10. The van der Waals surface area contributed by atoms with Crippen molar-refractivity contribution in [2.24, 2.45) is 5.73 Å². The Labute approximate surface area is 288 Å². The first-order chi connectivity index (χ1) is 23.4. The summed E-state index contributed by atoms with van der Waals surface area (Å²) in [4.78, 5) is 28.9. The Bertz CT molecular complexity index is 1910. The summed E-state index contributed by atoms with van der Waals surface area (Å²) in [6.07, 6.45) is -1.08. The molecule has 0 bridgehead atoms. The van der Waals surface area contributed by atoms with Gasteiger partial charge in [-0.3, -0.25) is 15.3 Å². The molecular formula is C39H34N4O3S2. The van der Waals surface area contributed by atoms with Crippen LogP contribution in [0.3, 0.4) is 0 Å². The van der Waals surface area contributed by atoms with E-state index >= 15 is 0 Å². The van der Waals surface area contributed by atoms with Crippen LogP contribution in [0.15, 0.2) is 183 Å². The van der Waals surface area contributed by atoms with Crippen LogP contribution in [0.4, 0.5) is 17.1 Å². The van der Waals surface area contributed by atoms with Gasteiger partial charge in [0.1, 0.15) is 5.75 Å². The fraction of sp³-hybridized carbons (Fsp3) is 0.0256. The van der Waals surface area contributed by atoms with Crippen molar-refractivity contribution in [1.29, 1.82) is 0 Å². The lowest BCUT2D eigenvalue weighted by atomic mass is 10.1. The third kappa shape index (κ3) is 10.5. The molecule has 0 heterocycles. The Hall–Kier alpha value is -5.48. The summed E-state index contributed by atoms with van der Waals surface area (Å²) in [6.45, 7) is 0. The summed E-state index contributed by atoms with van der Waals surface area (Å²) in [7, 11) is 0. The summed E-state index contributed by atoms with van der Waals surface area (Å²) < 4.78 is 5.43. The zero-order valence-electron chi connectivity index (χ0n) is 25.9. The predicted molar refractivity (Wildman–Crippen MR) is 196 cm³/mol. The van der Waals surface area contributed by atoms with Gasteiger partial charge in [0, 0.05) is 36.6 Å². The minimum atomic E-state index is -1.08. The average molecular weight is 671 g/mol. The molecule has 0 spiro atoms. The molecule has 6 rings (SSSR count). The molecular weight excluding hydrogens is 637 g/mol. The van der Waals surface area contributed by atoms with Crippen molar-refractivity contribution in [3.63, 3.8) is 0 Å². The van der Waals surface area contributed by atoms with Crippen molar-refractivity contribution < 1.29 is 14.3 Å². The van der Waals surface area contributed by atoms with Gasteiger partial charge in [-0.1, -0.05) is 102 Å². The first-order valence-electron chi connectivity index (χ1n) is 15.0. The Morgan fingerprint density at radius 2 is 1.04 bits per heavy atom. The summed E-state index contributed by atoms with van der Waals surface area (Å²) in [6, 6.07) is 51.6. The van der Waals surface area contributed by atoms with Gasteiger partial charge in [0.25, 0.3) is 11.8 Å². The molecule has 0 saturated heterocycles. The number of hydrogen-bond donors (Lipinski definition) is 4. The normalized spacial score (nSPS) is 10.9. The summed E-state index contributed by atoms with van der Waals surface area (Å²) in [5, 5.41) is 5.65. The number of hydrogen-bond acceptors (Lipinski definition) is 7. The summed E-state index contributed by atoms with van der Waals surface area (Å²) in [5.41, 5.74) is 14.2. The fourth-order valence-electron chi connectivity index (χ4n) is 4.31. The van der Waals surface area contributed by atoms with E-state index in [1.165, 1.54) is 0 Å². The number of ether oxygens (including phenoxy) is 1. The lowest BCUT2D eigenvalue weighted by Crippen LogP contribution is -2.40. The number of para-hydroxylation sites is 2. The van der Waals surface area contributed by atoms with E-state index in [0.717, 1.165) is 25.3 Å². The van der Waals surface area contributed by atoms with E-state index in [1.54, 1.807) is 41.7 Å². The number of carbonyl (C=O) groups is 2. The second kappa shape index (κ2) is 17.4. The molecule has 0 aromatic heterocycles. The van der Waals surface area contributed by atoms with E-state index in [2.05, 4.69) is 10.6 Å². The molecule has 0 aliphatic rings. The predicted octanol–water partition coefficient (Wildman–Crippen LogP) is 8.81. The maximum Gasteiger partial charge on any atom is 0.280 e. The van der Waals surface area contributed by atoms with Gasteiger partial charge < -0.3 is 21.1 Å². The van der Waals surface area contributed by atoms with Gasteiger partial charge in [0.2, 0.25) is 6.23 Å². The van der Waals surface area contributed by atoms with E-state index in [1.807, 2.05) is 146 Å². The van der Waals surface area contributed by atoms with Gasteiger partial charge >= 0.3 is 0 Å². The van der Waals surface area contributed by atoms with Crippen LogP contribution in [0.2, 0.25) is 0 Å². The SMILES string of the molecule is NC(Oc1ccccc1)C(=O)Nc1cccc(Sc2ccccc2)c1.Nc1ccc(Sc2ccccc2)cc1C(=O)Nc1ccccc1. The zero-order chi connectivity index (χ0) is 33.6. The molecule has 6 aromatic carbocycles. The van der Waals surface area contributed by atoms with Gasteiger partial charge in [-0.05, 0) is 84.9 Å². The Morgan fingerprint density at radius 1 is 0.542 bits per heavy atom. The maximum atomic E-state index is 12.4. The van der Waals surface area contributed by atoms with Gasteiger partial charge in [0.05, 0.1) is 5.56 Å². The van der Waals surface area contributed by atoms with Crippen molar-refractivity contribution >= 4 is 52.4 Å². The molecule has 7 nitrogen and oxygen atoms in total. The standard InChI is InChI=1S/C20H18N2O2S.C19H16N2OS/c21-19(24-16-9-3-1-4-10-16)20(23)22-15-8-7-13-18(14-15)25-17-11-5-2-6-12-17;20-18-12-11-16(23-15-9-5-2-6-10-15)13-17(18)19(22)21-14-7-3-1-4-8-14/h1-14,19H,21H2,(H,22,23);1-13H,20H2,(H,21,22). The van der Waals surface area contributed by atoms with Crippen LogP contribution in [0, 0.1) is 0 Å². The average Bonchev–Trinajstić information content (AvgIpc) is 3.11. The van der Waals surface area contributed by atoms with Crippen LogP contribution < -0.4 is 26.8 Å². The number of benzene rings is 6. The number of amides is 2. The van der Waals surface area contributed by atoms with E-state index in [9.17, 15) is 9.59 Å². The van der Waals surface area contributed by atoms with Crippen molar-refractivity contribution in [2.75, 3.05) is 16.4 Å². The second-order valence-electron chi connectivity index (χ2n) is 10.3. The Morgan fingerprint density at radius 3 is 1.65 bits per heavy atom. The highest BCUT2D eigenvalue weighted by atomic mass is 32.2. The number of nitrogens with two attached hydrogens (primary N) is 2. The first-order valence-corrected chi connectivity index (χ1v) is 16.7. The van der Waals surface area contributed by atoms with Gasteiger partial charge in [0.15, 0.2) is 0 Å². The molecule has 0 saturated carbocycles. The van der Waals surface area contributed by atoms with E-state index in [4.69, 9.17) is 16.2 Å². The Kier molecular flexibility index (Phi) is 12.3. The first kappa shape index (κ1) is 33.9. The monoisotopic (exact) mass is 670 g/mol. The minimum Gasteiger partial charge on any atom is -0.466 e. The van der Waals surface area contributed by atoms with E-state index in [-0.39, 0.29) is 5.91 Å². The van der Waals surface area contributed by atoms with Crippen molar-refractivity contribution in [3.05, 3.63) is 169 Å². The molecule has 6 aromatic rings. The molecule has 0 aliphatic heterocycles. The molecule has 1 atom stereocenters. The topological polar surface area (TPSA) is 119 Å². The maximum absolute atomic E-state index is 12.4. The van der Waals surface area contributed by atoms with Crippen LogP contribution in [0.1, 0.15) is 10.4 Å². The van der Waals surface area contributed by atoms with Crippen LogP contribution in [-0.2, 0) is 4.79 Å². The molecule has 0 aliphatic carbocycles. The molecule has 240 valence electrons. The van der Waals surface area contributed by atoms with Crippen LogP contribution in [-0.4, -0.2) is 18.0 Å². The third-order valence-electron chi connectivity index (χ3n) is 6.63. The number of carbonyl (C=O) groups excluding carboxylic acids is 2. The highest BCUT2D eigenvalue weighted by Gasteiger charge is 2.16. The van der Waals surface area contributed by atoms with Crippen molar-refractivity contribution in [2.45, 2.75) is 25.8 Å². The second-order valence-corrected chi connectivity index (χ2v) is 12.6. The molecule has 9 heteroatoms. The number of nitrogen functional groups attached to an aromatic ring is 1. The quantitative estimate of drug-likeness (QED) is 0.0849.